The first-order valence-electron chi connectivity index (χ1n) is 7.60. The van der Waals surface area contributed by atoms with E-state index < -0.39 is 11.9 Å². The van der Waals surface area contributed by atoms with Crippen LogP contribution in [-0.4, -0.2) is 21.3 Å². The number of nitriles is 1. The van der Waals surface area contributed by atoms with Crippen molar-refractivity contribution in [2.75, 3.05) is 5.73 Å². The van der Waals surface area contributed by atoms with Crippen molar-refractivity contribution >= 4 is 24.4 Å². The van der Waals surface area contributed by atoms with E-state index in [1.165, 1.54) is 0 Å². The number of hydrogen-bond acceptors (Lipinski definition) is 5. The molecular formula is C18H19N3O2S. The highest BCUT2D eigenvalue weighted by atomic mass is 32.1. The molecule has 0 aliphatic carbocycles. The van der Waals surface area contributed by atoms with Gasteiger partial charge in [-0.1, -0.05) is 18.2 Å². The molecule has 0 saturated carbocycles. The highest BCUT2D eigenvalue weighted by Gasteiger charge is 2.25. The first-order chi connectivity index (χ1) is 11.5. The minimum absolute atomic E-state index is 0.300. The highest BCUT2D eigenvalue weighted by molar-refractivity contribution is 7.81. The van der Waals surface area contributed by atoms with E-state index in [1.54, 1.807) is 24.4 Å². The molecule has 2 rings (SSSR count). The fraction of sp³-hybridized carbons (Fsp3) is 0.278. The van der Waals surface area contributed by atoms with Gasteiger partial charge in [0, 0.05) is 11.4 Å². The van der Waals surface area contributed by atoms with Crippen molar-refractivity contribution in [3.8, 4) is 6.07 Å². The third kappa shape index (κ3) is 5.00. The molecule has 0 radical (unpaired) electrons. The summed E-state index contributed by atoms with van der Waals surface area (Å²) in [6.07, 6.45) is 3.24. The third-order valence-corrected chi connectivity index (χ3v) is 4.49. The highest BCUT2D eigenvalue weighted by Crippen LogP contribution is 2.22. The van der Waals surface area contributed by atoms with E-state index in [0.717, 1.165) is 11.1 Å². The Hall–Kier alpha value is -2.52. The number of aromatic nitrogens is 1. The molecule has 24 heavy (non-hydrogen) atoms. The van der Waals surface area contributed by atoms with Gasteiger partial charge in [0.1, 0.15) is 5.82 Å². The Morgan fingerprint density at radius 2 is 2.12 bits per heavy atom. The summed E-state index contributed by atoms with van der Waals surface area (Å²) in [5.41, 5.74) is 7.98. The molecule has 0 bridgehead atoms. The molecule has 1 aromatic heterocycles. The Labute approximate surface area is 146 Å². The van der Waals surface area contributed by atoms with Crippen LogP contribution in [0.1, 0.15) is 23.1 Å². The molecular weight excluding hydrogens is 322 g/mol. The van der Waals surface area contributed by atoms with E-state index in [-0.39, 0.29) is 5.25 Å². The number of pyridine rings is 1. The van der Waals surface area contributed by atoms with Crippen LogP contribution in [0.5, 0.6) is 0 Å². The van der Waals surface area contributed by atoms with Gasteiger partial charge in [0.05, 0.1) is 17.6 Å². The lowest BCUT2D eigenvalue weighted by molar-refractivity contribution is -0.141. The zero-order valence-corrected chi connectivity index (χ0v) is 14.0. The number of nitrogen functional groups attached to an aromatic ring is 1. The van der Waals surface area contributed by atoms with Gasteiger partial charge >= 0.3 is 5.97 Å². The van der Waals surface area contributed by atoms with Gasteiger partial charge in [0.2, 0.25) is 0 Å². The van der Waals surface area contributed by atoms with Crippen molar-refractivity contribution in [3.05, 3.63) is 59.3 Å². The van der Waals surface area contributed by atoms with E-state index in [9.17, 15) is 9.90 Å². The van der Waals surface area contributed by atoms with Gasteiger partial charge in [-0.05, 0) is 48.6 Å². The van der Waals surface area contributed by atoms with Crippen LogP contribution >= 0.6 is 12.6 Å². The number of nitrogens with two attached hydrogens (primary N) is 1. The van der Waals surface area contributed by atoms with Gasteiger partial charge in [-0.25, -0.2) is 4.98 Å². The molecule has 5 nitrogen and oxygen atoms in total. The number of nitrogens with zero attached hydrogens (tertiary/aromatic N) is 2. The summed E-state index contributed by atoms with van der Waals surface area (Å²) in [4.78, 5) is 15.6. The van der Waals surface area contributed by atoms with Crippen molar-refractivity contribution in [3.63, 3.8) is 0 Å². The van der Waals surface area contributed by atoms with E-state index in [0.29, 0.717) is 30.6 Å². The van der Waals surface area contributed by atoms with E-state index in [2.05, 4.69) is 23.7 Å². The molecule has 2 unspecified atom stereocenters. The lowest BCUT2D eigenvalue weighted by atomic mass is 9.93. The maximum atomic E-state index is 11.6. The molecule has 0 aliphatic rings. The number of carboxylic acid groups (broad SMARTS) is 1. The summed E-state index contributed by atoms with van der Waals surface area (Å²) >= 11 is 4.50. The molecule has 2 atom stereocenters. The number of benzene rings is 1. The quantitative estimate of drug-likeness (QED) is 0.672. The summed E-state index contributed by atoms with van der Waals surface area (Å²) < 4.78 is 0. The standard InChI is InChI=1S/C18H19N3O2S/c19-10-13-3-1-2-12(8-13)4-6-16(24)15(18(22)23)9-14-5-7-17(20)21-11-14/h1-3,5,7-8,11,15-16,24H,4,6,9H2,(H2,20,21)(H,22,23). The number of carboxylic acids is 1. The predicted octanol–water partition coefficient (Wildman–Crippen LogP) is 2.71. The van der Waals surface area contributed by atoms with Crippen LogP contribution in [0.2, 0.25) is 0 Å². The smallest absolute Gasteiger partial charge is 0.307 e. The summed E-state index contributed by atoms with van der Waals surface area (Å²) in [7, 11) is 0. The molecule has 0 amide bonds. The summed E-state index contributed by atoms with van der Waals surface area (Å²) in [6.45, 7) is 0. The maximum Gasteiger partial charge on any atom is 0.307 e. The largest absolute Gasteiger partial charge is 0.481 e. The van der Waals surface area contributed by atoms with Crippen LogP contribution in [0.15, 0.2) is 42.6 Å². The number of aliphatic carboxylic acids is 1. The van der Waals surface area contributed by atoms with Crippen LogP contribution in [0.4, 0.5) is 5.82 Å². The molecule has 0 aliphatic heterocycles. The zero-order chi connectivity index (χ0) is 17.5. The lowest BCUT2D eigenvalue weighted by Gasteiger charge is -2.19. The van der Waals surface area contributed by atoms with Gasteiger partial charge in [0.15, 0.2) is 0 Å². The minimum Gasteiger partial charge on any atom is -0.481 e. The molecule has 3 N–H and O–H groups in total. The molecule has 2 aromatic rings. The van der Waals surface area contributed by atoms with Gasteiger partial charge in [-0.15, -0.1) is 0 Å². The molecule has 0 fully saturated rings. The Morgan fingerprint density at radius 3 is 2.75 bits per heavy atom. The van der Waals surface area contributed by atoms with Crippen LogP contribution in [0.25, 0.3) is 0 Å². The second kappa shape index (κ2) is 8.37. The van der Waals surface area contributed by atoms with Gasteiger partial charge in [-0.3, -0.25) is 4.79 Å². The summed E-state index contributed by atoms with van der Waals surface area (Å²) in [5, 5.41) is 18.1. The molecule has 0 spiro atoms. The third-order valence-electron chi connectivity index (χ3n) is 3.87. The summed E-state index contributed by atoms with van der Waals surface area (Å²) in [6, 6.07) is 12.9. The minimum atomic E-state index is -0.877. The topological polar surface area (TPSA) is 100 Å². The fourth-order valence-corrected chi connectivity index (χ4v) is 2.87. The lowest BCUT2D eigenvalue weighted by Crippen LogP contribution is -2.27. The Morgan fingerprint density at radius 1 is 1.33 bits per heavy atom. The first kappa shape index (κ1) is 17.8. The zero-order valence-electron chi connectivity index (χ0n) is 13.1. The normalized spacial score (nSPS) is 13.0. The molecule has 6 heteroatoms. The van der Waals surface area contributed by atoms with Gasteiger partial charge in [0.25, 0.3) is 0 Å². The van der Waals surface area contributed by atoms with E-state index >= 15 is 0 Å². The second-order valence-electron chi connectivity index (χ2n) is 5.66. The average Bonchev–Trinajstić information content (AvgIpc) is 2.59. The maximum absolute atomic E-state index is 11.6. The molecule has 124 valence electrons. The molecule has 1 heterocycles. The Balaban J connectivity index is 2.00. The van der Waals surface area contributed by atoms with Crippen LogP contribution in [0, 0.1) is 17.2 Å². The van der Waals surface area contributed by atoms with Crippen molar-refractivity contribution < 1.29 is 9.90 Å². The van der Waals surface area contributed by atoms with Crippen LogP contribution in [0.3, 0.4) is 0 Å². The predicted molar refractivity (Wildman–Crippen MR) is 95.7 cm³/mol. The number of thiol groups is 1. The molecule has 1 aromatic carbocycles. The summed E-state index contributed by atoms with van der Waals surface area (Å²) in [5.74, 6) is -1.08. The Kier molecular flexibility index (Phi) is 6.21. The van der Waals surface area contributed by atoms with Crippen molar-refractivity contribution in [2.45, 2.75) is 24.5 Å². The number of hydrogen-bond donors (Lipinski definition) is 3. The Bertz CT molecular complexity index is 741. The number of carbonyl (C=O) groups is 1. The molecule has 0 saturated heterocycles. The van der Waals surface area contributed by atoms with Crippen LogP contribution < -0.4 is 5.73 Å². The van der Waals surface area contributed by atoms with E-state index in [1.807, 2.05) is 18.2 Å². The van der Waals surface area contributed by atoms with E-state index in [4.69, 9.17) is 11.0 Å². The SMILES string of the molecule is N#Cc1cccc(CCC(S)C(Cc2ccc(N)nc2)C(=O)O)c1. The van der Waals surface area contributed by atoms with Crippen molar-refractivity contribution in [1.29, 1.82) is 5.26 Å². The first-order valence-corrected chi connectivity index (χ1v) is 8.11. The van der Waals surface area contributed by atoms with Gasteiger partial charge in [-0.2, -0.15) is 17.9 Å². The average molecular weight is 341 g/mol. The van der Waals surface area contributed by atoms with Crippen LogP contribution in [-0.2, 0) is 17.6 Å². The van der Waals surface area contributed by atoms with Gasteiger partial charge < -0.3 is 10.8 Å². The monoisotopic (exact) mass is 341 g/mol. The van der Waals surface area contributed by atoms with Crippen molar-refractivity contribution in [1.82, 2.24) is 4.98 Å². The number of rotatable bonds is 7. The van der Waals surface area contributed by atoms with Crippen molar-refractivity contribution in [2.24, 2.45) is 5.92 Å². The number of aryl methyl sites for hydroxylation is 1. The second-order valence-corrected chi connectivity index (χ2v) is 6.32. The number of anilines is 1. The fourth-order valence-electron chi connectivity index (χ4n) is 2.51.